The Kier molecular flexibility index (Phi) is 6.32. The molecule has 2 heterocycles. The molecule has 0 saturated carbocycles. The molecule has 0 fully saturated rings. The molecule has 1 amide bonds. The van der Waals surface area contributed by atoms with Crippen molar-refractivity contribution in [1.29, 1.82) is 0 Å². The van der Waals surface area contributed by atoms with Crippen LogP contribution < -0.4 is 0 Å². The molecule has 0 aliphatic carbocycles. The maximum atomic E-state index is 15.0. The summed E-state index contributed by atoms with van der Waals surface area (Å²) in [6.07, 6.45) is 0.288. The minimum absolute atomic E-state index is 0.181. The zero-order chi connectivity index (χ0) is 24.5. The molecule has 1 aromatic heterocycles. The number of fused-ring (bicyclic) bond motifs is 1. The number of pyridine rings is 1. The SMILES string of the molecule is COCC(=O)N1N=C(c2c(C)nc3ccccc3c2-c2ccccc2)C[C@@H]1c1c(F)cccc1Cl. The Balaban J connectivity index is 1.73. The van der Waals surface area contributed by atoms with Gasteiger partial charge in [-0.1, -0.05) is 66.2 Å². The summed E-state index contributed by atoms with van der Waals surface area (Å²) in [6, 6.07) is 21.8. The van der Waals surface area contributed by atoms with Crippen LogP contribution in [0.2, 0.25) is 5.02 Å². The number of amides is 1. The molecule has 176 valence electrons. The molecule has 0 spiro atoms. The largest absolute Gasteiger partial charge is 0.375 e. The highest BCUT2D eigenvalue weighted by Gasteiger charge is 2.37. The summed E-state index contributed by atoms with van der Waals surface area (Å²) in [6.45, 7) is 1.75. The van der Waals surface area contributed by atoms with E-state index in [0.717, 1.165) is 33.3 Å². The van der Waals surface area contributed by atoms with Crippen molar-refractivity contribution in [2.75, 3.05) is 13.7 Å². The third-order valence-electron chi connectivity index (χ3n) is 6.19. The van der Waals surface area contributed by atoms with E-state index in [2.05, 4.69) is 0 Å². The van der Waals surface area contributed by atoms with Gasteiger partial charge >= 0.3 is 0 Å². The summed E-state index contributed by atoms with van der Waals surface area (Å²) < 4.78 is 20.0. The normalized spacial score (nSPS) is 15.5. The Morgan fingerprint density at radius 2 is 1.80 bits per heavy atom. The molecular weight excluding hydrogens is 465 g/mol. The molecule has 0 unspecified atom stereocenters. The monoisotopic (exact) mass is 487 g/mol. The van der Waals surface area contributed by atoms with E-state index in [4.69, 9.17) is 26.4 Å². The average Bonchev–Trinajstić information content (AvgIpc) is 3.28. The first kappa shape index (κ1) is 23.1. The lowest BCUT2D eigenvalue weighted by Crippen LogP contribution is -2.30. The van der Waals surface area contributed by atoms with E-state index in [-0.39, 0.29) is 29.5 Å². The lowest BCUT2D eigenvalue weighted by Gasteiger charge is -2.23. The van der Waals surface area contributed by atoms with E-state index in [1.807, 2.05) is 61.5 Å². The Bertz CT molecular complexity index is 1440. The standard InChI is InChI=1S/C28H23ClFN3O2/c1-17-26(27(18-9-4-3-5-10-18)19-11-6-7-14-22(19)31-17)23-15-24(33(32-23)25(34)16-35-2)28-20(29)12-8-13-21(28)30/h3-14,24H,15-16H2,1-2H3/t24-/m1/s1. The predicted molar refractivity (Wildman–Crippen MR) is 136 cm³/mol. The molecule has 5 rings (SSSR count). The molecule has 3 aromatic carbocycles. The zero-order valence-corrected chi connectivity index (χ0v) is 20.1. The first-order valence-corrected chi connectivity index (χ1v) is 11.6. The van der Waals surface area contributed by atoms with E-state index in [1.165, 1.54) is 18.2 Å². The van der Waals surface area contributed by atoms with Crippen LogP contribution in [0.25, 0.3) is 22.0 Å². The van der Waals surface area contributed by atoms with Crippen molar-refractivity contribution < 1.29 is 13.9 Å². The van der Waals surface area contributed by atoms with E-state index >= 15 is 0 Å². The molecule has 0 radical (unpaired) electrons. The van der Waals surface area contributed by atoms with E-state index in [1.54, 1.807) is 12.1 Å². The molecule has 1 aliphatic rings. The summed E-state index contributed by atoms with van der Waals surface area (Å²) in [5, 5.41) is 7.25. The summed E-state index contributed by atoms with van der Waals surface area (Å²) in [7, 11) is 1.44. The van der Waals surface area contributed by atoms with Gasteiger partial charge in [0.1, 0.15) is 12.4 Å². The summed E-state index contributed by atoms with van der Waals surface area (Å²) >= 11 is 6.41. The minimum Gasteiger partial charge on any atom is -0.375 e. The van der Waals surface area contributed by atoms with Gasteiger partial charge in [-0.2, -0.15) is 5.10 Å². The molecular formula is C28H23ClFN3O2. The van der Waals surface area contributed by atoms with Crippen molar-refractivity contribution in [3.05, 3.63) is 100 Å². The summed E-state index contributed by atoms with van der Waals surface area (Å²) in [5.41, 5.74) is 5.35. The Hall–Kier alpha value is -3.61. The fourth-order valence-electron chi connectivity index (χ4n) is 4.73. The molecule has 35 heavy (non-hydrogen) atoms. The summed E-state index contributed by atoms with van der Waals surface area (Å²) in [5.74, 6) is -0.856. The smallest absolute Gasteiger partial charge is 0.269 e. The van der Waals surface area contributed by atoms with Crippen LogP contribution in [0.4, 0.5) is 4.39 Å². The second-order valence-electron chi connectivity index (χ2n) is 8.40. The molecule has 1 atom stereocenters. The number of nitrogens with zero attached hydrogens (tertiary/aromatic N) is 3. The number of hydrazone groups is 1. The van der Waals surface area contributed by atoms with Crippen molar-refractivity contribution in [3.63, 3.8) is 0 Å². The highest BCUT2D eigenvalue weighted by atomic mass is 35.5. The Morgan fingerprint density at radius 1 is 1.06 bits per heavy atom. The predicted octanol–water partition coefficient (Wildman–Crippen LogP) is 6.33. The molecule has 0 saturated heterocycles. The third kappa shape index (κ3) is 4.20. The second kappa shape index (κ2) is 9.56. The van der Waals surface area contributed by atoms with Crippen molar-refractivity contribution in [1.82, 2.24) is 9.99 Å². The number of carbonyl (C=O) groups excluding carboxylic acids is 1. The van der Waals surface area contributed by atoms with Crippen LogP contribution in [0.1, 0.15) is 29.3 Å². The molecule has 7 heteroatoms. The van der Waals surface area contributed by atoms with Gasteiger partial charge in [0.2, 0.25) is 0 Å². The van der Waals surface area contributed by atoms with Crippen LogP contribution in [-0.2, 0) is 9.53 Å². The maximum Gasteiger partial charge on any atom is 0.269 e. The van der Waals surface area contributed by atoms with Crippen LogP contribution in [-0.4, -0.2) is 35.3 Å². The lowest BCUT2D eigenvalue weighted by atomic mass is 9.89. The van der Waals surface area contributed by atoms with Gasteiger partial charge in [-0.15, -0.1) is 0 Å². The number of aryl methyl sites for hydroxylation is 1. The highest BCUT2D eigenvalue weighted by Crippen LogP contribution is 2.41. The molecule has 5 nitrogen and oxygen atoms in total. The number of benzene rings is 3. The number of ether oxygens (including phenoxy) is 1. The van der Waals surface area contributed by atoms with Crippen molar-refractivity contribution >= 4 is 34.1 Å². The van der Waals surface area contributed by atoms with Gasteiger partial charge in [0.25, 0.3) is 5.91 Å². The zero-order valence-electron chi connectivity index (χ0n) is 19.3. The Labute approximate surface area is 207 Å². The van der Waals surface area contributed by atoms with E-state index in [0.29, 0.717) is 5.71 Å². The summed E-state index contributed by atoms with van der Waals surface area (Å²) in [4.78, 5) is 17.8. The number of para-hydroxylation sites is 1. The fraction of sp³-hybridized carbons (Fsp3) is 0.179. The molecule has 0 bridgehead atoms. The molecule has 1 aliphatic heterocycles. The number of methoxy groups -OCH3 is 1. The average molecular weight is 488 g/mol. The maximum absolute atomic E-state index is 15.0. The number of hydrogen-bond acceptors (Lipinski definition) is 4. The van der Waals surface area contributed by atoms with Gasteiger partial charge in [-0.3, -0.25) is 9.78 Å². The van der Waals surface area contributed by atoms with Gasteiger partial charge in [0, 0.05) is 46.3 Å². The van der Waals surface area contributed by atoms with E-state index < -0.39 is 11.9 Å². The first-order chi connectivity index (χ1) is 17.0. The topological polar surface area (TPSA) is 54.8 Å². The van der Waals surface area contributed by atoms with Crippen molar-refractivity contribution in [2.24, 2.45) is 5.10 Å². The van der Waals surface area contributed by atoms with Gasteiger partial charge < -0.3 is 4.74 Å². The number of aromatic nitrogens is 1. The number of hydrogen-bond donors (Lipinski definition) is 0. The first-order valence-electron chi connectivity index (χ1n) is 11.3. The van der Waals surface area contributed by atoms with Crippen LogP contribution in [0.15, 0.2) is 77.9 Å². The van der Waals surface area contributed by atoms with Gasteiger partial charge in [-0.25, -0.2) is 9.40 Å². The lowest BCUT2D eigenvalue weighted by molar-refractivity contribution is -0.137. The molecule has 0 N–H and O–H groups in total. The van der Waals surface area contributed by atoms with Gasteiger partial charge in [-0.05, 0) is 30.7 Å². The van der Waals surface area contributed by atoms with Gasteiger partial charge in [0.05, 0.1) is 17.3 Å². The number of halogens is 2. The number of rotatable bonds is 5. The second-order valence-corrected chi connectivity index (χ2v) is 8.81. The third-order valence-corrected chi connectivity index (χ3v) is 6.52. The van der Waals surface area contributed by atoms with Crippen LogP contribution >= 0.6 is 11.6 Å². The quantitative estimate of drug-likeness (QED) is 0.330. The van der Waals surface area contributed by atoms with Crippen molar-refractivity contribution in [3.8, 4) is 11.1 Å². The minimum atomic E-state index is -0.698. The Morgan fingerprint density at radius 3 is 2.54 bits per heavy atom. The van der Waals surface area contributed by atoms with Gasteiger partial charge in [0.15, 0.2) is 0 Å². The van der Waals surface area contributed by atoms with Crippen LogP contribution in [0.5, 0.6) is 0 Å². The molecule has 4 aromatic rings. The highest BCUT2D eigenvalue weighted by molar-refractivity contribution is 6.31. The van der Waals surface area contributed by atoms with Crippen LogP contribution in [0.3, 0.4) is 0 Å². The number of carbonyl (C=O) groups is 1. The fourth-order valence-corrected chi connectivity index (χ4v) is 5.02. The van der Waals surface area contributed by atoms with E-state index in [9.17, 15) is 9.18 Å². The van der Waals surface area contributed by atoms with Crippen LogP contribution in [0, 0.1) is 12.7 Å². The van der Waals surface area contributed by atoms with Crippen molar-refractivity contribution in [2.45, 2.75) is 19.4 Å².